The number of sulfonamides is 2. The SMILES string of the molecule is CS(=O)(=O)Nc1ccn(C(=O)Oc2ccc([N+](=O)[O-])cc2)n1.Cc1ccc(OC2CCN(C(=O)n3ccc(NS(C)(=O)=O)n3)CC2)cc1-c1nnco1.Cc1ccc(OC2CCNCC2)cc1-c1nnco1. The predicted molar refractivity (Wildman–Crippen MR) is 257 cm³/mol. The van der Waals surface area contributed by atoms with Crippen molar-refractivity contribution in [3.8, 4) is 40.2 Å². The number of carbonyl (C=O) groups is 2. The number of non-ortho nitro benzene ring substituents is 1. The van der Waals surface area contributed by atoms with Gasteiger partial charge in [-0.3, -0.25) is 19.6 Å². The first-order chi connectivity index (χ1) is 34.4. The van der Waals surface area contributed by atoms with Crippen molar-refractivity contribution >= 4 is 49.5 Å². The summed E-state index contributed by atoms with van der Waals surface area (Å²) in [5.74, 6) is 2.69. The van der Waals surface area contributed by atoms with Crippen LogP contribution in [0.3, 0.4) is 0 Å². The van der Waals surface area contributed by atoms with Gasteiger partial charge in [0.15, 0.2) is 11.6 Å². The number of ether oxygens (including phenoxy) is 3. The Balaban J connectivity index is 0.000000164. The molecule has 380 valence electrons. The Bertz CT molecular complexity index is 3170. The molecule has 26 nitrogen and oxygen atoms in total. The lowest BCUT2D eigenvalue weighted by molar-refractivity contribution is -0.384. The van der Waals surface area contributed by atoms with Gasteiger partial charge in [0.25, 0.3) is 5.69 Å². The Morgan fingerprint density at radius 2 is 1.17 bits per heavy atom. The number of aryl methyl sites for hydroxylation is 2. The highest BCUT2D eigenvalue weighted by molar-refractivity contribution is 7.92. The fourth-order valence-electron chi connectivity index (χ4n) is 7.13. The van der Waals surface area contributed by atoms with E-state index < -0.39 is 31.1 Å². The van der Waals surface area contributed by atoms with E-state index in [4.69, 9.17) is 23.0 Å². The average Bonchev–Trinajstić information content (AvgIpc) is 4.21. The normalized spacial score (nSPS) is 14.2. The van der Waals surface area contributed by atoms with E-state index in [2.05, 4.69) is 45.4 Å². The van der Waals surface area contributed by atoms with Crippen LogP contribution in [0.5, 0.6) is 17.2 Å². The van der Waals surface area contributed by atoms with E-state index in [9.17, 15) is 36.5 Å². The Hall–Kier alpha value is -8.24. The number of likely N-dealkylation sites (tertiary alicyclic amines) is 1. The van der Waals surface area contributed by atoms with Crippen molar-refractivity contribution in [1.82, 2.24) is 50.2 Å². The minimum absolute atomic E-state index is 0.0388. The fourth-order valence-corrected chi connectivity index (χ4v) is 8.10. The van der Waals surface area contributed by atoms with Crippen molar-refractivity contribution in [1.29, 1.82) is 0 Å². The third-order valence-electron chi connectivity index (χ3n) is 10.6. The Morgan fingerprint density at radius 1 is 0.694 bits per heavy atom. The Morgan fingerprint density at radius 3 is 1.64 bits per heavy atom. The largest absolute Gasteiger partial charge is 0.490 e. The van der Waals surface area contributed by atoms with Crippen LogP contribution in [0.25, 0.3) is 22.9 Å². The van der Waals surface area contributed by atoms with Gasteiger partial charge in [0.05, 0.1) is 17.4 Å². The van der Waals surface area contributed by atoms with Gasteiger partial charge in [0, 0.05) is 73.7 Å². The summed E-state index contributed by atoms with van der Waals surface area (Å²) >= 11 is 0. The van der Waals surface area contributed by atoms with Gasteiger partial charge in [-0.25, -0.2) is 26.4 Å². The molecule has 2 aliphatic heterocycles. The minimum Gasteiger partial charge on any atom is -0.490 e. The number of rotatable bonds is 12. The number of anilines is 2. The van der Waals surface area contributed by atoms with Crippen molar-refractivity contribution in [2.45, 2.75) is 51.7 Å². The number of nitrogens with one attached hydrogen (secondary N) is 3. The molecule has 0 aliphatic carbocycles. The number of nitro benzene ring substituents is 1. The molecule has 1 amide bonds. The zero-order chi connectivity index (χ0) is 51.4. The molecular formula is C44H49N13O13S2. The molecule has 0 atom stereocenters. The van der Waals surface area contributed by atoms with Gasteiger partial charge in [0.1, 0.15) is 29.5 Å². The first-order valence-corrected chi connectivity index (χ1v) is 25.8. The number of aromatic nitrogens is 8. The van der Waals surface area contributed by atoms with E-state index >= 15 is 0 Å². The Kier molecular flexibility index (Phi) is 16.6. The van der Waals surface area contributed by atoms with Crippen molar-refractivity contribution in [2.75, 3.05) is 48.1 Å². The van der Waals surface area contributed by atoms with Gasteiger partial charge in [0.2, 0.25) is 44.6 Å². The maximum Gasteiger partial charge on any atom is 0.440 e. The third kappa shape index (κ3) is 14.9. The highest BCUT2D eigenvalue weighted by Crippen LogP contribution is 2.29. The molecule has 0 spiro atoms. The monoisotopic (exact) mass is 1030 g/mol. The first-order valence-electron chi connectivity index (χ1n) is 22.0. The molecule has 3 aromatic carbocycles. The number of piperidine rings is 2. The second kappa shape index (κ2) is 23.1. The summed E-state index contributed by atoms with van der Waals surface area (Å²) in [4.78, 5) is 36.0. The molecule has 9 rings (SSSR count). The van der Waals surface area contributed by atoms with Crippen LogP contribution < -0.4 is 29.0 Å². The van der Waals surface area contributed by atoms with E-state index in [-0.39, 0.29) is 35.2 Å². The van der Waals surface area contributed by atoms with Crippen LogP contribution in [0.2, 0.25) is 0 Å². The summed E-state index contributed by atoms with van der Waals surface area (Å²) in [7, 11) is -6.96. The van der Waals surface area contributed by atoms with Gasteiger partial charge < -0.3 is 33.3 Å². The smallest absolute Gasteiger partial charge is 0.440 e. The molecule has 0 unspecified atom stereocenters. The number of amides is 1. The topological polar surface area (TPSA) is 326 Å². The molecule has 0 saturated carbocycles. The van der Waals surface area contributed by atoms with Gasteiger partial charge in [-0.2, -0.15) is 9.36 Å². The van der Waals surface area contributed by atoms with Crippen LogP contribution in [0.1, 0.15) is 36.8 Å². The first kappa shape index (κ1) is 51.6. The summed E-state index contributed by atoms with van der Waals surface area (Å²) in [5, 5.41) is 36.8. The minimum atomic E-state index is -3.50. The van der Waals surface area contributed by atoms with E-state index in [1.54, 1.807) is 4.90 Å². The average molecular weight is 1030 g/mol. The Labute approximate surface area is 411 Å². The molecule has 7 aromatic rings. The molecule has 2 fully saturated rings. The van der Waals surface area contributed by atoms with E-state index in [1.807, 2.05) is 50.2 Å². The maximum atomic E-state index is 12.6. The van der Waals surface area contributed by atoms with E-state index in [0.29, 0.717) is 49.6 Å². The zero-order valence-corrected chi connectivity index (χ0v) is 40.8. The second-order valence-electron chi connectivity index (χ2n) is 16.3. The predicted octanol–water partition coefficient (Wildman–Crippen LogP) is 5.51. The van der Waals surface area contributed by atoms with Crippen molar-refractivity contribution in [3.63, 3.8) is 0 Å². The molecular weight excluding hydrogens is 983 g/mol. The molecule has 6 heterocycles. The molecule has 28 heteroatoms. The van der Waals surface area contributed by atoms with E-state index in [1.165, 1.54) is 61.6 Å². The van der Waals surface area contributed by atoms with Crippen LogP contribution >= 0.6 is 0 Å². The third-order valence-corrected chi connectivity index (χ3v) is 11.8. The molecule has 0 bridgehead atoms. The lowest BCUT2D eigenvalue weighted by Crippen LogP contribution is -2.43. The maximum absolute atomic E-state index is 12.6. The van der Waals surface area contributed by atoms with Gasteiger partial charge in [-0.05, 0) is 87.3 Å². The lowest BCUT2D eigenvalue weighted by atomic mass is 10.1. The van der Waals surface area contributed by atoms with Crippen LogP contribution in [0.4, 0.5) is 26.9 Å². The van der Waals surface area contributed by atoms with Gasteiger partial charge in [-0.1, -0.05) is 12.1 Å². The quantitative estimate of drug-likeness (QED) is 0.100. The number of hydrogen-bond donors (Lipinski definition) is 3. The molecule has 3 N–H and O–H groups in total. The van der Waals surface area contributed by atoms with Crippen LogP contribution in [0, 0.1) is 24.0 Å². The zero-order valence-electron chi connectivity index (χ0n) is 39.1. The molecule has 0 radical (unpaired) electrons. The standard InChI is InChI=1S/C19H22N6O5S.C14H17N3O2.C11H10N4O6S/c1-13-3-4-15(11-16(13)18-21-20-12-29-18)30-14-5-8-24(9-6-14)19(26)25-10-7-17(22-25)23-31(2,27)28;1-10-2-3-12(19-11-4-6-15-7-5-11)8-13(10)14-17-16-9-18-14;1-22(19,20)13-10-6-7-14(12-10)11(16)21-9-4-2-8(3-5-9)15(17)18/h3-4,7,10-12,14H,5-6,8-9H2,1-2H3,(H,22,23);2-3,8-9,11,15H,4-7H2,1H3;2-7H,1H3,(H,12,13). The molecule has 2 saturated heterocycles. The number of hydrogen-bond acceptors (Lipinski definition) is 20. The van der Waals surface area contributed by atoms with Crippen molar-refractivity contribution in [3.05, 3.63) is 119 Å². The summed E-state index contributed by atoms with van der Waals surface area (Å²) in [6, 6.07) is 19.0. The van der Waals surface area contributed by atoms with E-state index in [0.717, 1.165) is 75.8 Å². The highest BCUT2D eigenvalue weighted by Gasteiger charge is 2.26. The van der Waals surface area contributed by atoms with Crippen molar-refractivity contribution in [2.24, 2.45) is 0 Å². The van der Waals surface area contributed by atoms with Crippen LogP contribution in [-0.2, 0) is 20.0 Å². The summed E-state index contributed by atoms with van der Waals surface area (Å²) in [6.45, 7) is 7.02. The lowest BCUT2D eigenvalue weighted by Gasteiger charge is -2.31. The number of nitro groups is 1. The van der Waals surface area contributed by atoms with Gasteiger partial charge in [-0.15, -0.1) is 30.6 Å². The summed E-state index contributed by atoms with van der Waals surface area (Å²) in [6.07, 6.45) is 10.0. The second-order valence-corrected chi connectivity index (χ2v) is 19.8. The fraction of sp³-hybridized carbons (Fsp3) is 0.318. The number of benzene rings is 3. The van der Waals surface area contributed by atoms with Crippen LogP contribution in [-0.4, -0.2) is 130 Å². The van der Waals surface area contributed by atoms with Crippen molar-refractivity contribution < 1.29 is 54.4 Å². The molecule has 2 aliphatic rings. The number of nitrogens with zero attached hydrogens (tertiary/aromatic N) is 10. The summed E-state index contributed by atoms with van der Waals surface area (Å²) in [5.41, 5.74) is 3.71. The summed E-state index contributed by atoms with van der Waals surface area (Å²) < 4.78 is 78.5. The number of carbonyl (C=O) groups excluding carboxylic acids is 2. The van der Waals surface area contributed by atoms with Crippen LogP contribution in [0.15, 0.2) is 107 Å². The highest BCUT2D eigenvalue weighted by atomic mass is 32.2. The van der Waals surface area contributed by atoms with Gasteiger partial charge >= 0.3 is 12.1 Å². The molecule has 72 heavy (non-hydrogen) atoms. The molecule has 4 aromatic heterocycles.